The summed E-state index contributed by atoms with van der Waals surface area (Å²) in [6.45, 7) is 17.4. The lowest BCUT2D eigenvalue weighted by Gasteiger charge is -2.58. The van der Waals surface area contributed by atoms with E-state index in [4.69, 9.17) is 0 Å². The minimum Gasteiger partial charge on any atom is -0.411 e. The molecule has 0 aromatic heterocycles. The van der Waals surface area contributed by atoms with Crippen molar-refractivity contribution < 1.29 is 10.0 Å². The summed E-state index contributed by atoms with van der Waals surface area (Å²) in [5.41, 5.74) is 2.82. The molecular weight excluding hydrogens is 406 g/mol. The maximum atomic E-state index is 12.2. The van der Waals surface area contributed by atoms with Gasteiger partial charge in [0.1, 0.15) is 0 Å². The average molecular weight is 454 g/mol. The zero-order valence-electron chi connectivity index (χ0n) is 22.2. The van der Waals surface area contributed by atoms with Crippen LogP contribution < -0.4 is 0 Å². The van der Waals surface area contributed by atoms with Gasteiger partial charge in [0.25, 0.3) is 0 Å². The van der Waals surface area contributed by atoms with E-state index in [1.165, 1.54) is 32.1 Å². The second kappa shape index (κ2) is 7.69. The molecule has 0 aromatic carbocycles. The van der Waals surface area contributed by atoms with E-state index in [1.54, 1.807) is 0 Å². The summed E-state index contributed by atoms with van der Waals surface area (Å²) in [5, 5.41) is 13.7. The topological polar surface area (TPSA) is 49.7 Å². The van der Waals surface area contributed by atoms with Gasteiger partial charge in [0, 0.05) is 6.42 Å². The van der Waals surface area contributed by atoms with Gasteiger partial charge in [-0.25, -0.2) is 0 Å². The molecule has 0 bridgehead atoms. The maximum absolute atomic E-state index is 12.2. The second-order valence-electron chi connectivity index (χ2n) is 14.0. The maximum Gasteiger partial charge on any atom is 0.156 e. The summed E-state index contributed by atoms with van der Waals surface area (Å²) in [7, 11) is 0. The average Bonchev–Trinajstić information content (AvgIpc) is 3.34. The number of ketones is 1. The summed E-state index contributed by atoms with van der Waals surface area (Å²) in [6, 6.07) is 0. The van der Waals surface area contributed by atoms with E-state index in [0.717, 1.165) is 59.6 Å². The fraction of sp³-hybridized carbons (Fsp3) is 0.867. The van der Waals surface area contributed by atoms with Crippen molar-refractivity contribution in [2.24, 2.45) is 68.7 Å². The van der Waals surface area contributed by atoms with Crippen LogP contribution in [0.1, 0.15) is 99.8 Å². The van der Waals surface area contributed by atoms with E-state index in [1.807, 2.05) is 6.08 Å². The fourth-order valence-electron chi connectivity index (χ4n) is 10.2. The molecule has 0 aliphatic heterocycles. The van der Waals surface area contributed by atoms with Gasteiger partial charge in [-0.3, -0.25) is 4.79 Å². The molecule has 184 valence electrons. The van der Waals surface area contributed by atoms with Crippen molar-refractivity contribution in [3.8, 4) is 0 Å². The molecule has 1 N–H and O–H groups in total. The molecule has 0 saturated heterocycles. The lowest BCUT2D eigenvalue weighted by Crippen LogP contribution is -2.53. The van der Waals surface area contributed by atoms with E-state index in [2.05, 4.69) is 53.6 Å². The van der Waals surface area contributed by atoms with Crippen molar-refractivity contribution in [3.63, 3.8) is 0 Å². The van der Waals surface area contributed by atoms with Crippen molar-refractivity contribution in [1.29, 1.82) is 0 Å². The van der Waals surface area contributed by atoms with Gasteiger partial charge < -0.3 is 5.21 Å². The van der Waals surface area contributed by atoms with Crippen LogP contribution in [0, 0.1) is 63.6 Å². The van der Waals surface area contributed by atoms with E-state index in [0.29, 0.717) is 29.1 Å². The third-order valence-corrected chi connectivity index (χ3v) is 12.7. The number of oxime groups is 1. The Bertz CT molecular complexity index is 888. The number of rotatable bonds is 4. The lowest BCUT2D eigenvalue weighted by molar-refractivity contribution is -0.117. The van der Waals surface area contributed by atoms with Gasteiger partial charge in [-0.2, -0.15) is 0 Å². The van der Waals surface area contributed by atoms with Crippen LogP contribution in [0.5, 0.6) is 0 Å². The Morgan fingerprint density at radius 3 is 2.39 bits per heavy atom. The number of hydrogen-bond acceptors (Lipinski definition) is 3. The highest BCUT2D eigenvalue weighted by Crippen LogP contribution is 2.71. The molecule has 3 heteroatoms. The predicted molar refractivity (Wildman–Crippen MR) is 134 cm³/mol. The second-order valence-corrected chi connectivity index (χ2v) is 14.0. The zero-order chi connectivity index (χ0) is 23.9. The van der Waals surface area contributed by atoms with Crippen molar-refractivity contribution in [1.82, 2.24) is 0 Å². The Hall–Kier alpha value is -1.12. The van der Waals surface area contributed by atoms with Crippen LogP contribution in [0.15, 0.2) is 16.8 Å². The van der Waals surface area contributed by atoms with Crippen LogP contribution in [-0.4, -0.2) is 16.7 Å². The molecule has 0 unspecified atom stereocenters. The largest absolute Gasteiger partial charge is 0.411 e. The van der Waals surface area contributed by atoms with E-state index in [-0.39, 0.29) is 11.2 Å². The van der Waals surface area contributed by atoms with Crippen LogP contribution in [0.3, 0.4) is 0 Å². The van der Waals surface area contributed by atoms with Gasteiger partial charge in [-0.05, 0) is 120 Å². The lowest BCUT2D eigenvalue weighted by atomic mass is 9.46. The summed E-state index contributed by atoms with van der Waals surface area (Å²) >= 11 is 0. The number of carbonyl (C=O) groups excluding carboxylic acids is 1. The molecule has 0 aromatic rings. The van der Waals surface area contributed by atoms with Gasteiger partial charge in [-0.1, -0.05) is 53.6 Å². The molecule has 0 amide bonds. The molecular formula is C30H47NO2. The summed E-state index contributed by atoms with van der Waals surface area (Å²) in [5.74, 6) is 6.22. The summed E-state index contributed by atoms with van der Waals surface area (Å²) in [4.78, 5) is 12.2. The summed E-state index contributed by atoms with van der Waals surface area (Å²) < 4.78 is 0. The van der Waals surface area contributed by atoms with Gasteiger partial charge in [0.05, 0.1) is 5.71 Å². The molecule has 33 heavy (non-hydrogen) atoms. The first-order chi connectivity index (χ1) is 15.5. The van der Waals surface area contributed by atoms with Crippen LogP contribution >= 0.6 is 0 Å². The number of fused-ring (bicyclic) bond motifs is 5. The van der Waals surface area contributed by atoms with E-state index in [9.17, 15) is 10.0 Å². The van der Waals surface area contributed by atoms with Crippen molar-refractivity contribution >= 4 is 11.5 Å². The van der Waals surface area contributed by atoms with Crippen LogP contribution in [0.2, 0.25) is 0 Å². The van der Waals surface area contributed by atoms with Gasteiger partial charge in [0.2, 0.25) is 0 Å². The Morgan fingerprint density at radius 1 is 1.00 bits per heavy atom. The van der Waals surface area contributed by atoms with Crippen LogP contribution in [0.25, 0.3) is 0 Å². The van der Waals surface area contributed by atoms with E-state index >= 15 is 0 Å². The van der Waals surface area contributed by atoms with Crippen molar-refractivity contribution in [2.45, 2.75) is 99.8 Å². The fourth-order valence-corrected chi connectivity index (χ4v) is 10.2. The van der Waals surface area contributed by atoms with E-state index < -0.39 is 0 Å². The number of hydrogen-bond donors (Lipinski definition) is 1. The first kappa shape index (κ1) is 23.6. The van der Waals surface area contributed by atoms with Gasteiger partial charge in [-0.15, -0.1) is 0 Å². The molecule has 4 fully saturated rings. The molecule has 0 spiro atoms. The molecule has 4 saturated carbocycles. The Balaban J connectivity index is 1.40. The highest BCUT2D eigenvalue weighted by molar-refractivity contribution is 6.08. The minimum atomic E-state index is 0.00514. The Labute approximate surface area is 201 Å². The first-order valence-corrected chi connectivity index (χ1v) is 13.9. The highest BCUT2D eigenvalue weighted by Gasteiger charge is 2.64. The monoisotopic (exact) mass is 453 g/mol. The zero-order valence-corrected chi connectivity index (χ0v) is 22.2. The molecule has 5 aliphatic rings. The molecule has 5 rings (SSSR count). The van der Waals surface area contributed by atoms with Crippen LogP contribution in [0.4, 0.5) is 0 Å². The number of nitrogens with zero attached hydrogens (tertiary/aromatic N) is 1. The molecule has 0 heterocycles. The van der Waals surface area contributed by atoms with Crippen molar-refractivity contribution in [2.75, 3.05) is 0 Å². The quantitative estimate of drug-likeness (QED) is 0.353. The predicted octanol–water partition coefficient (Wildman–Crippen LogP) is 7.53. The van der Waals surface area contributed by atoms with Crippen molar-refractivity contribution in [3.05, 3.63) is 11.6 Å². The first-order valence-electron chi connectivity index (χ1n) is 13.9. The SMILES string of the molecule is CC(C)[C@H](C)[C@]1(C)C[C@@H]1[C@@H](C)[C@H]1CC[C@H]2[C@@H]3C/C(=N\O)C4=CC(=O)CC[C@]4(C)[C@H]3CC[C@]12C. The standard InChI is InChI=1S/C30H47NO2/c1-17(2)19(4)30(7)16-26(30)18(3)22-8-9-23-21-15-27(31-33)25-14-20(32)10-12-29(25,6)24(21)11-13-28(22,23)5/h14,17-19,21-24,26,33H,8-13,15-16H2,1-7H3/b31-27+/t18-,19-,21-,22+,23-,24-,26+,28+,29+,30-/m0/s1. The van der Waals surface area contributed by atoms with Gasteiger partial charge >= 0.3 is 0 Å². The number of allylic oxidation sites excluding steroid dienone is 1. The molecule has 0 radical (unpaired) electrons. The van der Waals surface area contributed by atoms with Crippen LogP contribution in [-0.2, 0) is 4.79 Å². The third kappa shape index (κ3) is 3.26. The number of carbonyl (C=O) groups is 1. The summed E-state index contributed by atoms with van der Waals surface area (Å²) in [6.07, 6.45) is 11.0. The Morgan fingerprint density at radius 2 is 1.73 bits per heavy atom. The highest BCUT2D eigenvalue weighted by atomic mass is 16.4. The minimum absolute atomic E-state index is 0.00514. The Kier molecular flexibility index (Phi) is 5.50. The van der Waals surface area contributed by atoms with Gasteiger partial charge in [0.15, 0.2) is 5.78 Å². The third-order valence-electron chi connectivity index (χ3n) is 12.7. The molecule has 3 nitrogen and oxygen atoms in total. The molecule has 10 atom stereocenters. The molecule has 5 aliphatic carbocycles. The smallest absolute Gasteiger partial charge is 0.156 e. The normalized spacial score (nSPS) is 49.8.